The van der Waals surface area contributed by atoms with Crippen molar-refractivity contribution in [2.45, 2.75) is 44.8 Å². The molecule has 2 aliphatic heterocycles. The van der Waals surface area contributed by atoms with Crippen LogP contribution in [0.5, 0.6) is 0 Å². The molecule has 2 aliphatic rings. The second kappa shape index (κ2) is 8.06. The molecule has 152 valence electrons. The second-order valence-corrected chi connectivity index (χ2v) is 10.7. The molecular weight excluding hydrogens is 414 g/mol. The highest BCUT2D eigenvalue weighted by atomic mass is 32.2. The molecule has 0 bridgehead atoms. The van der Waals surface area contributed by atoms with E-state index in [1.54, 1.807) is 27.7 Å². The summed E-state index contributed by atoms with van der Waals surface area (Å²) < 4.78 is 41.1. The van der Waals surface area contributed by atoms with Crippen LogP contribution in [0.3, 0.4) is 0 Å². The molecule has 0 aromatic heterocycles. The van der Waals surface area contributed by atoms with Gasteiger partial charge in [-0.25, -0.2) is 13.2 Å². The van der Waals surface area contributed by atoms with Gasteiger partial charge in [0.05, 0.1) is 12.4 Å². The van der Waals surface area contributed by atoms with Gasteiger partial charge in [-0.05, 0) is 45.5 Å². The molecule has 0 radical (unpaired) electrons. The molecule has 0 aromatic carbocycles. The lowest BCUT2D eigenvalue weighted by atomic mass is 10.1. The first-order valence-corrected chi connectivity index (χ1v) is 11.4. The largest absolute Gasteiger partial charge is 0.479 e. The van der Waals surface area contributed by atoms with Gasteiger partial charge in [-0.2, -0.15) is 0 Å². The summed E-state index contributed by atoms with van der Waals surface area (Å²) >= 11 is 6.14. The summed E-state index contributed by atoms with van der Waals surface area (Å²) in [4.78, 5) is 26.1. The van der Waals surface area contributed by atoms with E-state index in [9.17, 15) is 18.0 Å². The number of ether oxygens (including phenoxy) is 3. The lowest BCUT2D eigenvalue weighted by Crippen LogP contribution is -2.70. The smallest absolute Gasteiger partial charge is 0.355 e. The van der Waals surface area contributed by atoms with Crippen LogP contribution in [-0.2, 0) is 33.6 Å². The maximum Gasteiger partial charge on any atom is 0.355 e. The van der Waals surface area contributed by atoms with Crippen LogP contribution in [0.15, 0.2) is 11.3 Å². The molecular formula is C16H23NO7S3. The Labute approximate surface area is 168 Å². The first kappa shape index (κ1) is 22.1. The molecule has 8 nitrogen and oxygen atoms in total. The van der Waals surface area contributed by atoms with Crippen LogP contribution < -0.4 is 0 Å². The van der Waals surface area contributed by atoms with Crippen molar-refractivity contribution in [1.29, 1.82) is 0 Å². The van der Waals surface area contributed by atoms with Gasteiger partial charge in [0, 0.05) is 12.9 Å². The number of sulfone groups is 1. The minimum absolute atomic E-state index is 0.0464. The first-order chi connectivity index (χ1) is 12.4. The molecule has 0 aromatic rings. The quantitative estimate of drug-likeness (QED) is 0.357. The predicted molar refractivity (Wildman–Crippen MR) is 105 cm³/mol. The van der Waals surface area contributed by atoms with Crippen molar-refractivity contribution in [1.82, 2.24) is 4.90 Å². The van der Waals surface area contributed by atoms with Crippen LogP contribution in [0.25, 0.3) is 0 Å². The number of hydrogen-bond acceptors (Lipinski definition) is 9. The number of rotatable bonds is 5. The maximum absolute atomic E-state index is 12.8. The van der Waals surface area contributed by atoms with E-state index in [2.05, 4.69) is 0 Å². The zero-order valence-corrected chi connectivity index (χ0v) is 18.3. The van der Waals surface area contributed by atoms with Gasteiger partial charge in [-0.3, -0.25) is 9.69 Å². The van der Waals surface area contributed by atoms with E-state index in [1.807, 2.05) is 0 Å². The van der Waals surface area contributed by atoms with Gasteiger partial charge in [0.2, 0.25) is 4.38 Å². The molecule has 1 amide bonds. The molecule has 0 saturated carbocycles. The van der Waals surface area contributed by atoms with Gasteiger partial charge in [0.15, 0.2) is 21.3 Å². The number of thiocarbonyl (C=S) groups is 1. The van der Waals surface area contributed by atoms with E-state index in [1.165, 1.54) is 7.11 Å². The fourth-order valence-corrected chi connectivity index (χ4v) is 5.98. The number of carbonyl (C=O) groups excluding carboxylic acids is 2. The van der Waals surface area contributed by atoms with Crippen LogP contribution in [0.4, 0.5) is 0 Å². The Hall–Kier alpha value is -1.17. The summed E-state index contributed by atoms with van der Waals surface area (Å²) in [6, 6.07) is 0. The highest BCUT2D eigenvalue weighted by Crippen LogP contribution is 2.39. The summed E-state index contributed by atoms with van der Waals surface area (Å²) in [5.41, 5.74) is -0.589. The Bertz CT molecular complexity index is 782. The number of hydrogen-bond donors (Lipinski definition) is 0. The van der Waals surface area contributed by atoms with E-state index in [-0.39, 0.29) is 27.2 Å². The van der Waals surface area contributed by atoms with Crippen LogP contribution >= 0.6 is 24.0 Å². The Balaban J connectivity index is 2.43. The number of fused-ring (bicyclic) bond motifs is 1. The molecule has 1 fully saturated rings. The van der Waals surface area contributed by atoms with Crippen LogP contribution in [0, 0.1) is 0 Å². The highest BCUT2D eigenvalue weighted by Gasteiger charge is 2.60. The van der Waals surface area contributed by atoms with Crippen molar-refractivity contribution in [3.8, 4) is 0 Å². The van der Waals surface area contributed by atoms with Gasteiger partial charge in [0.25, 0.3) is 5.91 Å². The van der Waals surface area contributed by atoms with Crippen molar-refractivity contribution < 1.29 is 32.2 Å². The van der Waals surface area contributed by atoms with Crippen LogP contribution in [-0.4, -0.2) is 71.9 Å². The molecule has 0 N–H and O–H groups in total. The Morgan fingerprint density at radius 1 is 1.37 bits per heavy atom. The highest BCUT2D eigenvalue weighted by molar-refractivity contribution is 8.22. The molecule has 11 heteroatoms. The van der Waals surface area contributed by atoms with Crippen LogP contribution in [0.2, 0.25) is 0 Å². The van der Waals surface area contributed by atoms with Crippen LogP contribution in [0.1, 0.15) is 27.7 Å². The molecule has 0 spiro atoms. The third-order valence-electron chi connectivity index (χ3n) is 3.79. The zero-order valence-electron chi connectivity index (χ0n) is 15.8. The summed E-state index contributed by atoms with van der Waals surface area (Å²) in [6.07, 6.45) is -1.12. The third kappa shape index (κ3) is 4.64. The van der Waals surface area contributed by atoms with Crippen molar-refractivity contribution in [2.75, 3.05) is 25.2 Å². The van der Waals surface area contributed by atoms with E-state index >= 15 is 0 Å². The summed E-state index contributed by atoms with van der Waals surface area (Å²) in [6.45, 7) is 7.23. The number of thioether (sulfide) groups is 1. The topological polar surface area (TPSA) is 99.2 Å². The van der Waals surface area contributed by atoms with Gasteiger partial charge < -0.3 is 14.2 Å². The fourth-order valence-electron chi connectivity index (χ4n) is 2.79. The van der Waals surface area contributed by atoms with E-state index < -0.39 is 38.8 Å². The molecule has 2 heterocycles. The third-order valence-corrected chi connectivity index (χ3v) is 7.05. The standard InChI is InChI=1S/C16H23NO7S3/c1-6-23-15(25)26-7-9-8-27(20,21)13-11(22-5)12(18)17(13)10(9)14(19)24-16(2,3)4/h11,13H,6-8H2,1-5H3/t11-,13?/m0/s1. The minimum atomic E-state index is -3.72. The number of amides is 1. The lowest BCUT2D eigenvalue weighted by molar-refractivity contribution is -0.167. The lowest BCUT2D eigenvalue weighted by Gasteiger charge is -2.48. The number of methoxy groups -OCH3 is 1. The van der Waals surface area contributed by atoms with Crippen molar-refractivity contribution in [2.24, 2.45) is 0 Å². The monoisotopic (exact) mass is 437 g/mol. The van der Waals surface area contributed by atoms with E-state index in [0.29, 0.717) is 6.61 Å². The average molecular weight is 438 g/mol. The average Bonchev–Trinajstić information content (AvgIpc) is 2.51. The molecule has 1 saturated heterocycles. The predicted octanol–water partition coefficient (Wildman–Crippen LogP) is 1.25. The van der Waals surface area contributed by atoms with E-state index in [4.69, 9.17) is 26.4 Å². The number of esters is 1. The van der Waals surface area contributed by atoms with E-state index in [0.717, 1.165) is 16.7 Å². The van der Waals surface area contributed by atoms with Gasteiger partial charge in [-0.15, -0.1) is 0 Å². The second-order valence-electron chi connectivity index (χ2n) is 6.99. The number of carbonyl (C=O) groups is 2. The number of β-lactam (4-membered cyclic amide) rings is 1. The SMILES string of the molecule is CCOC(=S)SCC1=C(C(=O)OC(C)(C)C)N2C(=O)[C@H](OC)C2S(=O)(=O)C1. The molecule has 1 unspecified atom stereocenters. The summed E-state index contributed by atoms with van der Waals surface area (Å²) in [7, 11) is -2.46. The Morgan fingerprint density at radius 3 is 2.52 bits per heavy atom. The summed E-state index contributed by atoms with van der Waals surface area (Å²) in [5, 5.41) is -1.22. The minimum Gasteiger partial charge on any atom is -0.479 e. The number of nitrogens with zero attached hydrogens (tertiary/aromatic N) is 1. The van der Waals surface area contributed by atoms with Gasteiger partial charge in [-0.1, -0.05) is 11.8 Å². The Morgan fingerprint density at radius 2 is 2.00 bits per heavy atom. The van der Waals surface area contributed by atoms with Gasteiger partial charge >= 0.3 is 5.97 Å². The normalized spacial score (nSPS) is 24.2. The fraction of sp³-hybridized carbons (Fsp3) is 0.688. The van der Waals surface area contributed by atoms with Crippen molar-refractivity contribution in [3.63, 3.8) is 0 Å². The maximum atomic E-state index is 12.8. The van der Waals surface area contributed by atoms with Crippen molar-refractivity contribution in [3.05, 3.63) is 11.3 Å². The molecule has 0 aliphatic carbocycles. The molecule has 2 rings (SSSR count). The first-order valence-electron chi connectivity index (χ1n) is 8.25. The zero-order chi connectivity index (χ0) is 20.6. The molecule has 27 heavy (non-hydrogen) atoms. The van der Waals surface area contributed by atoms with Gasteiger partial charge in [0.1, 0.15) is 11.3 Å². The summed E-state index contributed by atoms with van der Waals surface area (Å²) in [5.74, 6) is -1.61. The van der Waals surface area contributed by atoms with Crippen molar-refractivity contribution >= 4 is 50.1 Å². The Kier molecular flexibility index (Phi) is 6.60. The molecule has 2 atom stereocenters.